The maximum atomic E-state index is 12.9. The highest BCUT2D eigenvalue weighted by atomic mass is 35.5. The number of halogens is 2. The summed E-state index contributed by atoms with van der Waals surface area (Å²) in [5, 5.41) is 4.39. The Hall–Kier alpha value is -1.88. The van der Waals surface area contributed by atoms with Crippen LogP contribution >= 0.6 is 11.6 Å². The van der Waals surface area contributed by atoms with Gasteiger partial charge in [0, 0.05) is 13.6 Å². The maximum Gasteiger partial charge on any atom is 0.158 e. The lowest BCUT2D eigenvalue weighted by Crippen LogP contribution is -2.08. The quantitative estimate of drug-likeness (QED) is 0.694. The van der Waals surface area contributed by atoms with E-state index in [0.717, 1.165) is 41.2 Å². The van der Waals surface area contributed by atoms with Gasteiger partial charge in [0.05, 0.1) is 11.6 Å². The molecule has 0 bridgehead atoms. The lowest BCUT2D eigenvalue weighted by Gasteiger charge is -2.08. The summed E-state index contributed by atoms with van der Waals surface area (Å²) in [5.41, 5.74) is 3.86. The molecule has 0 atom stereocenters. The van der Waals surface area contributed by atoms with Gasteiger partial charge in [-0.15, -0.1) is 11.6 Å². The molecule has 0 amide bonds. The van der Waals surface area contributed by atoms with Gasteiger partial charge in [-0.3, -0.25) is 4.68 Å². The Kier molecular flexibility index (Phi) is 3.68. The van der Waals surface area contributed by atoms with E-state index in [9.17, 15) is 4.39 Å². The highest BCUT2D eigenvalue weighted by Crippen LogP contribution is 2.20. The number of aryl methyl sites for hydroxylation is 4. The van der Waals surface area contributed by atoms with Gasteiger partial charge in [-0.1, -0.05) is 12.1 Å². The molecule has 0 aliphatic rings. The molecule has 0 saturated carbocycles. The lowest BCUT2D eigenvalue weighted by atomic mass is 10.1. The van der Waals surface area contributed by atoms with Gasteiger partial charge in [0.25, 0.3) is 0 Å². The van der Waals surface area contributed by atoms with Crippen LogP contribution in [0.2, 0.25) is 0 Å². The van der Waals surface area contributed by atoms with E-state index in [1.54, 1.807) is 12.1 Å². The number of imidazole rings is 1. The molecular formula is C15H16ClFN4. The Bertz CT molecular complexity index is 773. The molecule has 0 aliphatic heterocycles. The number of fused-ring (bicyclic) bond motifs is 1. The third kappa shape index (κ3) is 2.53. The van der Waals surface area contributed by atoms with E-state index < -0.39 is 0 Å². The summed E-state index contributed by atoms with van der Waals surface area (Å²) in [5.74, 6) is 0.981. The molecule has 0 saturated heterocycles. The number of aromatic nitrogens is 4. The van der Waals surface area contributed by atoms with Gasteiger partial charge in [0.1, 0.15) is 17.2 Å². The summed E-state index contributed by atoms with van der Waals surface area (Å²) in [6.45, 7) is 2.68. The van der Waals surface area contributed by atoms with Crippen LogP contribution in [0.3, 0.4) is 0 Å². The first-order chi connectivity index (χ1) is 10.1. The molecule has 0 unspecified atom stereocenters. The highest BCUT2D eigenvalue weighted by Gasteiger charge is 2.16. The average Bonchev–Trinajstić information content (AvgIpc) is 2.97. The van der Waals surface area contributed by atoms with Crippen molar-refractivity contribution in [2.24, 2.45) is 7.05 Å². The Morgan fingerprint density at radius 3 is 2.62 bits per heavy atom. The second-order valence-electron chi connectivity index (χ2n) is 5.07. The van der Waals surface area contributed by atoms with Crippen molar-refractivity contribution in [3.8, 4) is 0 Å². The molecule has 3 aromatic rings. The highest BCUT2D eigenvalue weighted by molar-refractivity contribution is 6.16. The summed E-state index contributed by atoms with van der Waals surface area (Å²) in [6.07, 6.45) is 0.792. The minimum absolute atomic E-state index is 0.215. The molecule has 3 rings (SSSR count). The molecule has 0 radical (unpaired) electrons. The minimum Gasteiger partial charge on any atom is -0.312 e. The summed E-state index contributed by atoms with van der Waals surface area (Å²) < 4.78 is 16.9. The van der Waals surface area contributed by atoms with Gasteiger partial charge in [0.15, 0.2) is 5.65 Å². The van der Waals surface area contributed by atoms with Crippen LogP contribution in [-0.2, 0) is 25.9 Å². The van der Waals surface area contributed by atoms with Crippen molar-refractivity contribution >= 4 is 22.8 Å². The van der Waals surface area contributed by atoms with Crippen molar-refractivity contribution in [1.82, 2.24) is 19.3 Å². The van der Waals surface area contributed by atoms with Crippen LogP contribution in [0.5, 0.6) is 0 Å². The van der Waals surface area contributed by atoms with Gasteiger partial charge >= 0.3 is 0 Å². The third-order valence-electron chi connectivity index (χ3n) is 3.63. The van der Waals surface area contributed by atoms with E-state index in [1.165, 1.54) is 12.1 Å². The molecule has 4 nitrogen and oxygen atoms in total. The Balaban J connectivity index is 1.93. The largest absolute Gasteiger partial charge is 0.312 e. The van der Waals surface area contributed by atoms with E-state index in [2.05, 4.69) is 14.6 Å². The number of benzene rings is 1. The predicted molar refractivity (Wildman–Crippen MR) is 80.9 cm³/mol. The zero-order chi connectivity index (χ0) is 15.0. The second kappa shape index (κ2) is 5.48. The molecule has 21 heavy (non-hydrogen) atoms. The van der Waals surface area contributed by atoms with Crippen LogP contribution in [0, 0.1) is 12.7 Å². The van der Waals surface area contributed by atoms with Crippen LogP contribution in [0.25, 0.3) is 11.2 Å². The van der Waals surface area contributed by atoms with E-state index in [0.29, 0.717) is 5.88 Å². The molecule has 2 heterocycles. The van der Waals surface area contributed by atoms with Crippen molar-refractivity contribution in [2.75, 3.05) is 0 Å². The maximum absolute atomic E-state index is 12.9. The SMILES string of the molecule is Cc1nn(C)c2c1nc(CCl)n2CCc1ccc(F)cc1. The standard InChI is InChI=1S/C15H16ClFN4/c1-10-14-15(20(2)19-10)21(13(9-16)18-14)8-7-11-3-5-12(17)6-4-11/h3-6H,7-9H2,1-2H3. The molecule has 0 N–H and O–H groups in total. The summed E-state index contributed by atoms with van der Waals surface area (Å²) >= 11 is 6.01. The normalized spacial score (nSPS) is 11.4. The Morgan fingerprint density at radius 1 is 1.24 bits per heavy atom. The van der Waals surface area contributed by atoms with Gasteiger partial charge in [-0.2, -0.15) is 5.10 Å². The molecular weight excluding hydrogens is 291 g/mol. The minimum atomic E-state index is -0.215. The fourth-order valence-corrected chi connectivity index (χ4v) is 2.81. The van der Waals surface area contributed by atoms with Gasteiger partial charge in [-0.25, -0.2) is 9.37 Å². The van der Waals surface area contributed by atoms with Crippen molar-refractivity contribution in [3.63, 3.8) is 0 Å². The van der Waals surface area contributed by atoms with Gasteiger partial charge in [-0.05, 0) is 31.0 Å². The average molecular weight is 307 g/mol. The Morgan fingerprint density at radius 2 is 1.95 bits per heavy atom. The molecule has 6 heteroatoms. The molecule has 1 aromatic carbocycles. The predicted octanol–water partition coefficient (Wildman–Crippen LogP) is 3.20. The first-order valence-electron chi connectivity index (χ1n) is 6.79. The van der Waals surface area contributed by atoms with Crippen molar-refractivity contribution in [3.05, 3.63) is 47.2 Å². The summed E-state index contributed by atoms with van der Waals surface area (Å²) in [7, 11) is 1.91. The van der Waals surface area contributed by atoms with Crippen molar-refractivity contribution in [2.45, 2.75) is 25.8 Å². The fraction of sp³-hybridized carbons (Fsp3) is 0.333. The summed E-state index contributed by atoms with van der Waals surface area (Å²) in [6, 6.07) is 6.57. The topological polar surface area (TPSA) is 35.6 Å². The molecule has 110 valence electrons. The van der Waals surface area contributed by atoms with Crippen LogP contribution in [0.4, 0.5) is 4.39 Å². The monoisotopic (exact) mass is 306 g/mol. The van der Waals surface area contributed by atoms with Crippen molar-refractivity contribution < 1.29 is 4.39 Å². The van der Waals surface area contributed by atoms with Gasteiger partial charge < -0.3 is 4.57 Å². The third-order valence-corrected chi connectivity index (χ3v) is 3.87. The number of alkyl halides is 1. The van der Waals surface area contributed by atoms with Crippen molar-refractivity contribution in [1.29, 1.82) is 0 Å². The second-order valence-corrected chi connectivity index (χ2v) is 5.34. The summed E-state index contributed by atoms with van der Waals surface area (Å²) in [4.78, 5) is 4.57. The van der Waals surface area contributed by atoms with Crippen LogP contribution in [-0.4, -0.2) is 19.3 Å². The Labute approximate surface area is 127 Å². The number of rotatable bonds is 4. The van der Waals surface area contributed by atoms with E-state index >= 15 is 0 Å². The number of hydrogen-bond donors (Lipinski definition) is 0. The molecule has 0 fully saturated rings. The van der Waals surface area contributed by atoms with E-state index in [-0.39, 0.29) is 5.82 Å². The smallest absolute Gasteiger partial charge is 0.158 e. The fourth-order valence-electron chi connectivity index (χ4n) is 2.61. The van der Waals surface area contributed by atoms with Crippen LogP contribution in [0.1, 0.15) is 17.1 Å². The number of hydrogen-bond acceptors (Lipinski definition) is 2. The number of nitrogens with zero attached hydrogens (tertiary/aromatic N) is 4. The van der Waals surface area contributed by atoms with E-state index in [1.807, 2.05) is 18.7 Å². The zero-order valence-electron chi connectivity index (χ0n) is 12.0. The van der Waals surface area contributed by atoms with Crippen LogP contribution in [0.15, 0.2) is 24.3 Å². The molecule has 0 spiro atoms. The zero-order valence-corrected chi connectivity index (χ0v) is 12.7. The first kappa shape index (κ1) is 14.1. The first-order valence-corrected chi connectivity index (χ1v) is 7.32. The van der Waals surface area contributed by atoms with E-state index in [4.69, 9.17) is 11.6 Å². The van der Waals surface area contributed by atoms with Gasteiger partial charge in [0.2, 0.25) is 0 Å². The molecule has 0 aliphatic carbocycles. The molecule has 2 aromatic heterocycles. The lowest BCUT2D eigenvalue weighted by molar-refractivity contribution is 0.624. The van der Waals surface area contributed by atoms with Crippen LogP contribution < -0.4 is 0 Å².